The summed E-state index contributed by atoms with van der Waals surface area (Å²) < 4.78 is 31.6. The van der Waals surface area contributed by atoms with E-state index in [-0.39, 0.29) is 18.1 Å². The van der Waals surface area contributed by atoms with Gasteiger partial charge in [-0.05, 0) is 68.5 Å². The van der Waals surface area contributed by atoms with Gasteiger partial charge in [-0.2, -0.15) is 0 Å². The largest absolute Gasteiger partial charge is 0.446 e. The first-order valence-corrected chi connectivity index (χ1v) is 13.3. The van der Waals surface area contributed by atoms with Crippen LogP contribution in [-0.2, 0) is 26.0 Å². The number of ether oxygens (including phenoxy) is 1. The Morgan fingerprint density at radius 2 is 1.68 bits per heavy atom. The number of aryl methyl sites for hydroxylation is 1. The molecule has 0 bridgehead atoms. The minimum atomic E-state index is -3.39. The number of fused-ring (bicyclic) bond motifs is 2. The summed E-state index contributed by atoms with van der Waals surface area (Å²) in [5, 5.41) is 0. The quantitative estimate of drug-likeness (QED) is 0.651. The number of rotatable bonds is 3. The number of carbonyl (C=O) groups excluding carboxylic acids is 2. The van der Waals surface area contributed by atoms with Crippen molar-refractivity contribution >= 4 is 39.1 Å². The Morgan fingerprint density at radius 3 is 2.29 bits per heavy atom. The summed E-state index contributed by atoms with van der Waals surface area (Å²) in [7, 11) is -3.39. The number of hydrogen-bond donors (Lipinski definition) is 0. The Labute approximate surface area is 201 Å². The van der Waals surface area contributed by atoms with Crippen molar-refractivity contribution in [1.29, 1.82) is 0 Å². The molecule has 9 heteroatoms. The highest BCUT2D eigenvalue weighted by atomic mass is 32.2. The number of hydrogen-bond acceptors (Lipinski definition) is 5. The summed E-state index contributed by atoms with van der Waals surface area (Å²) in [5.74, 6) is -0.101. The fourth-order valence-corrected chi connectivity index (χ4v) is 5.78. The molecule has 0 saturated carbocycles. The summed E-state index contributed by atoms with van der Waals surface area (Å²) in [6, 6.07) is 11.2. The average molecular weight is 486 g/mol. The van der Waals surface area contributed by atoms with Gasteiger partial charge in [0, 0.05) is 20.0 Å². The lowest BCUT2D eigenvalue weighted by atomic mass is 9.96. The molecule has 8 nitrogen and oxygen atoms in total. The number of nitrogens with zero attached hydrogens (tertiary/aromatic N) is 3. The Morgan fingerprint density at radius 1 is 1.03 bits per heavy atom. The lowest BCUT2D eigenvalue weighted by Gasteiger charge is -2.40. The first-order chi connectivity index (χ1) is 16.0. The molecule has 0 aliphatic carbocycles. The highest BCUT2D eigenvalue weighted by Crippen LogP contribution is 2.41. The molecular weight excluding hydrogens is 454 g/mol. The zero-order valence-electron chi connectivity index (χ0n) is 20.2. The maximum atomic E-state index is 12.9. The number of anilines is 3. The molecule has 34 heavy (non-hydrogen) atoms. The normalized spacial score (nSPS) is 17.9. The maximum absolute atomic E-state index is 12.9. The van der Waals surface area contributed by atoms with E-state index in [1.165, 1.54) is 17.5 Å². The summed E-state index contributed by atoms with van der Waals surface area (Å²) in [4.78, 5) is 28.6. The van der Waals surface area contributed by atoms with Crippen LogP contribution in [0.1, 0.15) is 39.7 Å². The van der Waals surface area contributed by atoms with Crippen molar-refractivity contribution in [3.8, 4) is 11.1 Å². The SMILES string of the molecule is CC(=O)N1c2ccc(-c3ccc4c(c3)N(S(C)(=O)=O)CCC4)cc2N(C(=O)OC(C)C)C[C@@H]1C. The van der Waals surface area contributed by atoms with E-state index in [4.69, 9.17) is 4.74 Å². The van der Waals surface area contributed by atoms with Gasteiger partial charge in [0.05, 0.1) is 35.5 Å². The van der Waals surface area contributed by atoms with Crippen molar-refractivity contribution in [2.45, 2.75) is 52.7 Å². The van der Waals surface area contributed by atoms with E-state index < -0.39 is 16.1 Å². The molecule has 2 aliphatic rings. The van der Waals surface area contributed by atoms with E-state index in [1.54, 1.807) is 23.6 Å². The minimum absolute atomic E-state index is 0.101. The zero-order valence-corrected chi connectivity index (χ0v) is 21.1. The van der Waals surface area contributed by atoms with Gasteiger partial charge in [-0.25, -0.2) is 13.2 Å². The number of sulfonamides is 1. The third-order valence-electron chi connectivity index (χ3n) is 6.20. The molecule has 2 aromatic carbocycles. The van der Waals surface area contributed by atoms with Crippen molar-refractivity contribution in [2.75, 3.05) is 33.5 Å². The summed E-state index contributed by atoms with van der Waals surface area (Å²) in [5.41, 5.74) is 4.58. The van der Waals surface area contributed by atoms with E-state index in [1.807, 2.05) is 43.3 Å². The van der Waals surface area contributed by atoms with Crippen LogP contribution < -0.4 is 14.1 Å². The van der Waals surface area contributed by atoms with Crippen LogP contribution in [0, 0.1) is 0 Å². The van der Waals surface area contributed by atoms with E-state index in [2.05, 4.69) is 0 Å². The molecule has 0 saturated heterocycles. The third kappa shape index (κ3) is 4.49. The fourth-order valence-electron chi connectivity index (χ4n) is 4.79. The van der Waals surface area contributed by atoms with Gasteiger partial charge in [0.1, 0.15) is 0 Å². The van der Waals surface area contributed by atoms with Crippen LogP contribution in [0.3, 0.4) is 0 Å². The summed E-state index contributed by atoms with van der Waals surface area (Å²) in [6.07, 6.45) is 2.10. The Kier molecular flexibility index (Phi) is 6.33. The molecule has 0 unspecified atom stereocenters. The predicted octanol–water partition coefficient (Wildman–Crippen LogP) is 4.17. The standard InChI is InChI=1S/C25H31N3O5S/c1-16(2)33-25(30)26-15-17(3)28(18(4)29)22-11-10-21(14-24(22)26)20-9-8-19-7-6-12-27(23(19)13-20)34(5,31)32/h8-11,13-14,16-17H,6-7,12,15H2,1-5H3/t17-/m0/s1. The van der Waals surface area contributed by atoms with Crippen molar-refractivity contribution in [3.63, 3.8) is 0 Å². The second-order valence-electron chi connectivity index (χ2n) is 9.27. The molecule has 2 aliphatic heterocycles. The van der Waals surface area contributed by atoms with E-state index in [0.29, 0.717) is 30.2 Å². The van der Waals surface area contributed by atoms with E-state index in [9.17, 15) is 18.0 Å². The smallest absolute Gasteiger partial charge is 0.414 e. The van der Waals surface area contributed by atoms with Crippen LogP contribution >= 0.6 is 0 Å². The van der Waals surface area contributed by atoms with Gasteiger partial charge in [0.2, 0.25) is 15.9 Å². The third-order valence-corrected chi connectivity index (χ3v) is 7.38. The predicted molar refractivity (Wildman–Crippen MR) is 134 cm³/mol. The monoisotopic (exact) mass is 485 g/mol. The Bertz CT molecular complexity index is 1240. The van der Waals surface area contributed by atoms with Gasteiger partial charge >= 0.3 is 6.09 Å². The molecule has 0 spiro atoms. The first-order valence-electron chi connectivity index (χ1n) is 11.5. The van der Waals surface area contributed by atoms with Crippen LogP contribution in [0.2, 0.25) is 0 Å². The van der Waals surface area contributed by atoms with Crippen LogP contribution in [0.5, 0.6) is 0 Å². The Balaban J connectivity index is 1.82. The second-order valence-corrected chi connectivity index (χ2v) is 11.2. The lowest BCUT2D eigenvalue weighted by Crippen LogP contribution is -2.51. The Hall–Kier alpha value is -3.07. The van der Waals surface area contributed by atoms with Gasteiger partial charge in [-0.3, -0.25) is 14.0 Å². The summed E-state index contributed by atoms with van der Waals surface area (Å²) >= 11 is 0. The number of carbonyl (C=O) groups is 2. The lowest BCUT2D eigenvalue weighted by molar-refractivity contribution is -0.117. The molecule has 0 N–H and O–H groups in total. The van der Waals surface area contributed by atoms with Gasteiger partial charge in [0.25, 0.3) is 0 Å². The molecule has 2 heterocycles. The summed E-state index contributed by atoms with van der Waals surface area (Å²) in [6.45, 7) is 7.78. The molecule has 2 amide bonds. The van der Waals surface area contributed by atoms with Gasteiger partial charge in [-0.1, -0.05) is 18.2 Å². The molecule has 2 aromatic rings. The second kappa shape index (κ2) is 8.94. The topological polar surface area (TPSA) is 87.2 Å². The molecule has 0 fully saturated rings. The average Bonchev–Trinajstić information content (AvgIpc) is 2.76. The van der Waals surface area contributed by atoms with E-state index in [0.717, 1.165) is 29.5 Å². The van der Waals surface area contributed by atoms with Crippen molar-refractivity contribution in [2.24, 2.45) is 0 Å². The minimum Gasteiger partial charge on any atom is -0.446 e. The molecular formula is C25H31N3O5S. The number of amides is 2. The fraction of sp³-hybridized carbons (Fsp3) is 0.440. The van der Waals surface area contributed by atoms with Crippen LogP contribution in [-0.4, -0.2) is 51.9 Å². The number of benzene rings is 2. The molecule has 4 rings (SSSR count). The van der Waals surface area contributed by atoms with Gasteiger partial charge < -0.3 is 9.64 Å². The van der Waals surface area contributed by atoms with Gasteiger partial charge in [0.15, 0.2) is 0 Å². The van der Waals surface area contributed by atoms with Crippen LogP contribution in [0.25, 0.3) is 11.1 Å². The molecule has 0 aromatic heterocycles. The maximum Gasteiger partial charge on any atom is 0.414 e. The van der Waals surface area contributed by atoms with Gasteiger partial charge in [-0.15, -0.1) is 0 Å². The highest BCUT2D eigenvalue weighted by molar-refractivity contribution is 7.92. The zero-order chi connectivity index (χ0) is 24.8. The van der Waals surface area contributed by atoms with Crippen LogP contribution in [0.4, 0.5) is 21.9 Å². The first kappa shape index (κ1) is 24.1. The molecule has 182 valence electrons. The molecule has 1 atom stereocenters. The molecule has 0 radical (unpaired) electrons. The van der Waals surface area contributed by atoms with E-state index >= 15 is 0 Å². The highest BCUT2D eigenvalue weighted by Gasteiger charge is 2.35. The van der Waals surface area contributed by atoms with Crippen molar-refractivity contribution < 1.29 is 22.7 Å². The van der Waals surface area contributed by atoms with Crippen molar-refractivity contribution in [1.82, 2.24) is 0 Å². The van der Waals surface area contributed by atoms with Crippen molar-refractivity contribution in [3.05, 3.63) is 42.0 Å². The van der Waals surface area contributed by atoms with Crippen LogP contribution in [0.15, 0.2) is 36.4 Å².